The molecule has 0 radical (unpaired) electrons. The van der Waals surface area contributed by atoms with Crippen LogP contribution in [-0.2, 0) is 4.79 Å². The van der Waals surface area contributed by atoms with Crippen LogP contribution < -0.4 is 10.1 Å². The highest BCUT2D eigenvalue weighted by molar-refractivity contribution is 8.00. The fourth-order valence-corrected chi connectivity index (χ4v) is 3.61. The lowest BCUT2D eigenvalue weighted by Gasteiger charge is -2.12. The number of fused-ring (bicyclic) bond motifs is 1. The van der Waals surface area contributed by atoms with Crippen LogP contribution in [0.1, 0.15) is 6.92 Å². The Hall–Kier alpha value is -3.46. The van der Waals surface area contributed by atoms with Gasteiger partial charge in [-0.05, 0) is 42.6 Å². The largest absolute Gasteiger partial charge is 0.435 e. The Morgan fingerprint density at radius 2 is 1.77 bits per heavy atom. The van der Waals surface area contributed by atoms with Crippen LogP contribution in [0.25, 0.3) is 22.2 Å². The number of ether oxygens (including phenoxy) is 1. The number of thioether (sulfide) groups is 1. The maximum Gasteiger partial charge on any atom is 0.387 e. The highest BCUT2D eigenvalue weighted by Gasteiger charge is 2.19. The van der Waals surface area contributed by atoms with E-state index in [9.17, 15) is 13.6 Å². The van der Waals surface area contributed by atoms with E-state index >= 15 is 0 Å². The summed E-state index contributed by atoms with van der Waals surface area (Å²) in [6.07, 6.45) is 0. The molecule has 4 rings (SSSR count). The zero-order valence-electron chi connectivity index (χ0n) is 16.3. The molecule has 1 amide bonds. The van der Waals surface area contributed by atoms with Crippen molar-refractivity contribution in [2.24, 2.45) is 0 Å². The fraction of sp³-hybridized carbons (Fsp3) is 0.136. The third-order valence-electron chi connectivity index (χ3n) is 4.43. The highest BCUT2D eigenvalue weighted by Crippen LogP contribution is 2.29. The summed E-state index contributed by atoms with van der Waals surface area (Å²) in [6.45, 7) is -1.15. The van der Waals surface area contributed by atoms with Crippen molar-refractivity contribution in [3.63, 3.8) is 0 Å². The molecule has 158 valence electrons. The number of carbonyl (C=O) groups is 1. The molecule has 31 heavy (non-hydrogen) atoms. The maximum absolute atomic E-state index is 12.7. The van der Waals surface area contributed by atoms with E-state index in [-0.39, 0.29) is 22.8 Å². The number of hydrogen-bond acceptors (Lipinski definition) is 6. The van der Waals surface area contributed by atoms with Gasteiger partial charge in [0.15, 0.2) is 0 Å². The summed E-state index contributed by atoms with van der Waals surface area (Å²) in [7, 11) is 0. The number of nitrogens with one attached hydrogen (secondary N) is 1. The van der Waals surface area contributed by atoms with Gasteiger partial charge in [-0.2, -0.15) is 8.78 Å². The molecule has 0 aliphatic carbocycles. The first-order chi connectivity index (χ1) is 15.0. The molecule has 4 aromatic rings. The number of rotatable bonds is 7. The van der Waals surface area contributed by atoms with Crippen LogP contribution in [0.2, 0.25) is 0 Å². The zero-order valence-corrected chi connectivity index (χ0v) is 17.1. The molecular formula is C22H17F2N3O3S. The second-order valence-corrected chi connectivity index (χ2v) is 7.84. The van der Waals surface area contributed by atoms with E-state index in [1.165, 1.54) is 24.3 Å². The second-order valence-electron chi connectivity index (χ2n) is 6.55. The minimum absolute atomic E-state index is 0.0339. The Kier molecular flexibility index (Phi) is 6.13. The van der Waals surface area contributed by atoms with Gasteiger partial charge in [0.25, 0.3) is 5.22 Å². The molecule has 9 heteroatoms. The van der Waals surface area contributed by atoms with Gasteiger partial charge in [0, 0.05) is 16.6 Å². The summed E-state index contributed by atoms with van der Waals surface area (Å²) >= 11 is 1.13. The number of amides is 1. The summed E-state index contributed by atoms with van der Waals surface area (Å²) in [6, 6.07) is 19.4. The molecule has 1 N–H and O–H groups in total. The topological polar surface area (TPSA) is 77.2 Å². The van der Waals surface area contributed by atoms with E-state index in [1.54, 1.807) is 6.92 Å². The molecule has 0 aliphatic rings. The lowest BCUT2D eigenvalue weighted by Crippen LogP contribution is -2.22. The van der Waals surface area contributed by atoms with Crippen LogP contribution in [0.5, 0.6) is 5.75 Å². The molecule has 3 aromatic carbocycles. The minimum atomic E-state index is -2.89. The lowest BCUT2D eigenvalue weighted by molar-refractivity contribution is -0.115. The predicted molar refractivity (Wildman–Crippen MR) is 114 cm³/mol. The van der Waals surface area contributed by atoms with Crippen molar-refractivity contribution in [2.75, 3.05) is 5.32 Å². The Morgan fingerprint density at radius 3 is 2.55 bits per heavy atom. The molecule has 1 aromatic heterocycles. The minimum Gasteiger partial charge on any atom is -0.435 e. The summed E-state index contributed by atoms with van der Waals surface area (Å²) < 4.78 is 34.4. The van der Waals surface area contributed by atoms with E-state index in [2.05, 4.69) is 20.3 Å². The smallest absolute Gasteiger partial charge is 0.387 e. The van der Waals surface area contributed by atoms with E-state index in [4.69, 9.17) is 4.42 Å². The number of aromatic nitrogens is 2. The number of nitrogens with zero attached hydrogens (tertiary/aromatic N) is 2. The van der Waals surface area contributed by atoms with Crippen molar-refractivity contribution in [1.82, 2.24) is 10.2 Å². The number of benzene rings is 3. The first-order valence-electron chi connectivity index (χ1n) is 9.33. The molecule has 0 fully saturated rings. The van der Waals surface area contributed by atoms with Gasteiger partial charge in [0.1, 0.15) is 5.75 Å². The number of halogens is 2. The van der Waals surface area contributed by atoms with Crippen LogP contribution in [0, 0.1) is 0 Å². The molecule has 0 saturated heterocycles. The normalized spacial score (nSPS) is 12.1. The van der Waals surface area contributed by atoms with Crippen molar-refractivity contribution in [3.8, 4) is 17.2 Å². The van der Waals surface area contributed by atoms with Gasteiger partial charge in [-0.3, -0.25) is 4.79 Å². The summed E-state index contributed by atoms with van der Waals surface area (Å²) in [5, 5.41) is 12.6. The molecule has 1 unspecified atom stereocenters. The number of alkyl halides is 2. The molecular weight excluding hydrogens is 424 g/mol. The van der Waals surface area contributed by atoms with Crippen molar-refractivity contribution in [2.45, 2.75) is 24.0 Å². The Balaban J connectivity index is 1.41. The van der Waals surface area contributed by atoms with Gasteiger partial charge in [0.05, 0.1) is 5.25 Å². The van der Waals surface area contributed by atoms with Gasteiger partial charge < -0.3 is 14.5 Å². The van der Waals surface area contributed by atoms with E-state index in [1.807, 2.05) is 42.5 Å². The van der Waals surface area contributed by atoms with E-state index < -0.39 is 11.9 Å². The summed E-state index contributed by atoms with van der Waals surface area (Å²) in [4.78, 5) is 12.7. The van der Waals surface area contributed by atoms with Crippen molar-refractivity contribution >= 4 is 34.1 Å². The Bertz CT molecular complexity index is 1190. The third kappa shape index (κ3) is 5.00. The monoisotopic (exact) mass is 441 g/mol. The lowest BCUT2D eigenvalue weighted by atomic mass is 10.1. The van der Waals surface area contributed by atoms with Crippen LogP contribution >= 0.6 is 11.8 Å². The highest BCUT2D eigenvalue weighted by atomic mass is 32.2. The van der Waals surface area contributed by atoms with Crippen molar-refractivity contribution < 1.29 is 22.7 Å². The maximum atomic E-state index is 12.7. The summed E-state index contributed by atoms with van der Waals surface area (Å²) in [5.41, 5.74) is 1.28. The zero-order chi connectivity index (χ0) is 21.8. The number of anilines is 1. The van der Waals surface area contributed by atoms with Crippen LogP contribution in [0.3, 0.4) is 0 Å². The Labute approximate surface area is 180 Å². The molecule has 1 atom stereocenters. The molecule has 6 nitrogen and oxygen atoms in total. The van der Waals surface area contributed by atoms with Crippen LogP contribution in [0.15, 0.2) is 76.4 Å². The quantitative estimate of drug-likeness (QED) is 0.376. The SMILES string of the molecule is CC(Sc1nnc(-c2ccc(OC(F)F)cc2)o1)C(=O)Nc1cccc2ccccc12. The average molecular weight is 441 g/mol. The van der Waals surface area contributed by atoms with Gasteiger partial charge in [-0.1, -0.05) is 48.2 Å². The Morgan fingerprint density at radius 1 is 1.03 bits per heavy atom. The average Bonchev–Trinajstić information content (AvgIpc) is 3.22. The van der Waals surface area contributed by atoms with Crippen LogP contribution in [0.4, 0.5) is 14.5 Å². The molecule has 1 heterocycles. The summed E-state index contributed by atoms with van der Waals surface area (Å²) in [5.74, 6) is 0.0500. The number of carbonyl (C=O) groups excluding carboxylic acids is 1. The fourth-order valence-electron chi connectivity index (χ4n) is 2.93. The standard InChI is InChI=1S/C22H17F2N3O3S/c1-13(19(28)25-18-8-4-6-14-5-2-3-7-17(14)18)31-22-27-26-20(30-22)15-9-11-16(12-10-15)29-21(23)24/h2-13,21H,1H3,(H,25,28). The molecule has 0 saturated carbocycles. The van der Waals surface area contributed by atoms with E-state index in [0.717, 1.165) is 28.2 Å². The predicted octanol–water partition coefficient (Wildman–Crippen LogP) is 5.61. The van der Waals surface area contributed by atoms with Crippen LogP contribution in [-0.4, -0.2) is 28.0 Å². The van der Waals surface area contributed by atoms with Gasteiger partial charge in [-0.25, -0.2) is 0 Å². The number of hydrogen-bond donors (Lipinski definition) is 1. The van der Waals surface area contributed by atoms with Gasteiger partial charge in [0.2, 0.25) is 11.8 Å². The second kappa shape index (κ2) is 9.13. The third-order valence-corrected chi connectivity index (χ3v) is 5.36. The first kappa shape index (κ1) is 20.8. The van der Waals surface area contributed by atoms with Gasteiger partial charge in [-0.15, -0.1) is 10.2 Å². The molecule has 0 bridgehead atoms. The van der Waals surface area contributed by atoms with E-state index in [0.29, 0.717) is 5.56 Å². The first-order valence-corrected chi connectivity index (χ1v) is 10.2. The van der Waals surface area contributed by atoms with Crippen molar-refractivity contribution in [1.29, 1.82) is 0 Å². The van der Waals surface area contributed by atoms with Gasteiger partial charge >= 0.3 is 6.61 Å². The van der Waals surface area contributed by atoms with Crippen molar-refractivity contribution in [3.05, 3.63) is 66.7 Å². The molecule has 0 aliphatic heterocycles. The molecule has 0 spiro atoms.